The van der Waals surface area contributed by atoms with E-state index in [0.717, 1.165) is 25.2 Å². The Labute approximate surface area is 117 Å². The third kappa shape index (κ3) is 2.51. The van der Waals surface area contributed by atoms with Crippen molar-refractivity contribution in [3.63, 3.8) is 0 Å². The molecule has 1 unspecified atom stereocenters. The Morgan fingerprint density at radius 2 is 2.05 bits per heavy atom. The van der Waals surface area contributed by atoms with E-state index >= 15 is 0 Å². The van der Waals surface area contributed by atoms with Crippen molar-refractivity contribution in [1.82, 2.24) is 0 Å². The van der Waals surface area contributed by atoms with Crippen LogP contribution in [0.25, 0.3) is 0 Å². The van der Waals surface area contributed by atoms with E-state index in [1.54, 1.807) is 7.11 Å². The maximum atomic E-state index is 6.13. The van der Waals surface area contributed by atoms with Crippen LogP contribution in [0.3, 0.4) is 0 Å². The summed E-state index contributed by atoms with van der Waals surface area (Å²) in [4.78, 5) is 0. The van der Waals surface area contributed by atoms with Gasteiger partial charge in [0.2, 0.25) is 0 Å². The minimum atomic E-state index is -0.152. The summed E-state index contributed by atoms with van der Waals surface area (Å²) in [5.74, 6) is 1.51. The van der Waals surface area contributed by atoms with Crippen molar-refractivity contribution in [3.05, 3.63) is 28.8 Å². The van der Waals surface area contributed by atoms with Crippen LogP contribution < -0.4 is 4.74 Å². The molecule has 2 nitrogen and oxygen atoms in total. The SMILES string of the molecule is CCCCOC1(C)Cc2ccc(C(C)C)c(OC)c21. The van der Waals surface area contributed by atoms with E-state index < -0.39 is 0 Å². The Morgan fingerprint density at radius 1 is 1.32 bits per heavy atom. The fourth-order valence-electron chi connectivity index (χ4n) is 2.95. The molecule has 19 heavy (non-hydrogen) atoms. The number of benzene rings is 1. The van der Waals surface area contributed by atoms with Crippen LogP contribution >= 0.6 is 0 Å². The van der Waals surface area contributed by atoms with Gasteiger partial charge in [-0.2, -0.15) is 0 Å². The van der Waals surface area contributed by atoms with E-state index in [9.17, 15) is 0 Å². The van der Waals surface area contributed by atoms with Gasteiger partial charge in [-0.15, -0.1) is 0 Å². The molecule has 0 aliphatic heterocycles. The molecule has 0 fully saturated rings. The lowest BCUT2D eigenvalue weighted by Gasteiger charge is -2.42. The quantitative estimate of drug-likeness (QED) is 0.707. The number of hydrogen-bond donors (Lipinski definition) is 0. The molecule has 0 bridgehead atoms. The second kappa shape index (κ2) is 5.54. The zero-order valence-electron chi connectivity index (χ0n) is 12.9. The number of rotatable bonds is 6. The molecule has 1 aliphatic rings. The van der Waals surface area contributed by atoms with Crippen molar-refractivity contribution < 1.29 is 9.47 Å². The fourth-order valence-corrected chi connectivity index (χ4v) is 2.95. The summed E-state index contributed by atoms with van der Waals surface area (Å²) in [6, 6.07) is 4.44. The monoisotopic (exact) mass is 262 g/mol. The van der Waals surface area contributed by atoms with Gasteiger partial charge in [-0.1, -0.05) is 39.3 Å². The van der Waals surface area contributed by atoms with Crippen LogP contribution in [-0.4, -0.2) is 13.7 Å². The molecule has 0 radical (unpaired) electrons. The lowest BCUT2D eigenvalue weighted by atomic mass is 9.72. The van der Waals surface area contributed by atoms with Gasteiger partial charge in [0, 0.05) is 18.6 Å². The molecule has 1 aromatic rings. The summed E-state index contributed by atoms with van der Waals surface area (Å²) in [6.07, 6.45) is 3.30. The Balaban J connectivity index is 2.30. The van der Waals surface area contributed by atoms with E-state index in [1.807, 2.05) is 0 Å². The zero-order valence-corrected chi connectivity index (χ0v) is 12.9. The Kier molecular flexibility index (Phi) is 4.19. The van der Waals surface area contributed by atoms with Gasteiger partial charge in [-0.3, -0.25) is 0 Å². The first-order valence-electron chi connectivity index (χ1n) is 7.37. The molecule has 2 rings (SSSR count). The van der Waals surface area contributed by atoms with Gasteiger partial charge in [-0.05, 0) is 30.4 Å². The molecule has 0 saturated heterocycles. The molecule has 106 valence electrons. The average molecular weight is 262 g/mol. The van der Waals surface area contributed by atoms with Crippen molar-refractivity contribution in [2.75, 3.05) is 13.7 Å². The highest BCUT2D eigenvalue weighted by Gasteiger charge is 2.43. The highest BCUT2D eigenvalue weighted by molar-refractivity contribution is 5.56. The number of fused-ring (bicyclic) bond motifs is 1. The van der Waals surface area contributed by atoms with Gasteiger partial charge in [0.15, 0.2) is 0 Å². The lowest BCUT2D eigenvalue weighted by molar-refractivity contribution is -0.0567. The Hall–Kier alpha value is -1.02. The minimum Gasteiger partial charge on any atom is -0.496 e. The second-order valence-corrected chi connectivity index (χ2v) is 5.99. The van der Waals surface area contributed by atoms with Gasteiger partial charge in [0.1, 0.15) is 5.75 Å². The molecule has 2 heteroatoms. The maximum absolute atomic E-state index is 6.13. The first kappa shape index (κ1) is 14.4. The van der Waals surface area contributed by atoms with Gasteiger partial charge in [0.05, 0.1) is 12.7 Å². The van der Waals surface area contributed by atoms with Crippen molar-refractivity contribution >= 4 is 0 Å². The summed E-state index contributed by atoms with van der Waals surface area (Å²) < 4.78 is 11.8. The van der Waals surface area contributed by atoms with Gasteiger partial charge < -0.3 is 9.47 Å². The topological polar surface area (TPSA) is 18.5 Å². The number of hydrogen-bond acceptors (Lipinski definition) is 2. The van der Waals surface area contributed by atoms with Crippen molar-refractivity contribution in [1.29, 1.82) is 0 Å². The molecule has 0 heterocycles. The van der Waals surface area contributed by atoms with Crippen molar-refractivity contribution in [3.8, 4) is 5.75 Å². The van der Waals surface area contributed by atoms with E-state index in [1.165, 1.54) is 23.1 Å². The van der Waals surface area contributed by atoms with Crippen molar-refractivity contribution in [2.45, 2.75) is 58.5 Å². The van der Waals surface area contributed by atoms with Crippen LogP contribution in [0.2, 0.25) is 0 Å². The van der Waals surface area contributed by atoms with Gasteiger partial charge >= 0.3 is 0 Å². The Morgan fingerprint density at radius 3 is 2.63 bits per heavy atom. The van der Waals surface area contributed by atoms with Crippen molar-refractivity contribution in [2.24, 2.45) is 0 Å². The molecular formula is C17H26O2. The molecule has 0 amide bonds. The maximum Gasteiger partial charge on any atom is 0.128 e. The van der Waals surface area contributed by atoms with E-state index in [2.05, 4.69) is 39.8 Å². The predicted octanol–water partition coefficient (Wildman–Crippen LogP) is 4.41. The summed E-state index contributed by atoms with van der Waals surface area (Å²) in [5, 5.41) is 0. The molecule has 0 spiro atoms. The molecule has 1 aromatic carbocycles. The van der Waals surface area contributed by atoms with E-state index in [0.29, 0.717) is 5.92 Å². The smallest absolute Gasteiger partial charge is 0.128 e. The average Bonchev–Trinajstić information content (AvgIpc) is 2.36. The number of methoxy groups -OCH3 is 1. The van der Waals surface area contributed by atoms with E-state index in [4.69, 9.17) is 9.47 Å². The summed E-state index contributed by atoms with van der Waals surface area (Å²) in [7, 11) is 1.77. The van der Waals surface area contributed by atoms with Crippen LogP contribution in [0.4, 0.5) is 0 Å². The molecule has 0 N–H and O–H groups in total. The third-order valence-electron chi connectivity index (χ3n) is 4.08. The molecule has 1 atom stereocenters. The fraction of sp³-hybridized carbons (Fsp3) is 0.647. The highest BCUT2D eigenvalue weighted by Crippen LogP contribution is 2.49. The minimum absolute atomic E-state index is 0.152. The zero-order chi connectivity index (χ0) is 14.0. The Bertz CT molecular complexity index is 451. The highest BCUT2D eigenvalue weighted by atomic mass is 16.5. The van der Waals surface area contributed by atoms with Crippen LogP contribution in [-0.2, 0) is 16.8 Å². The van der Waals surface area contributed by atoms with Crippen LogP contribution in [0.1, 0.15) is 63.1 Å². The molecule has 1 aliphatic carbocycles. The first-order chi connectivity index (χ1) is 9.03. The first-order valence-corrected chi connectivity index (χ1v) is 7.37. The van der Waals surface area contributed by atoms with Gasteiger partial charge in [0.25, 0.3) is 0 Å². The second-order valence-electron chi connectivity index (χ2n) is 5.99. The summed E-state index contributed by atoms with van der Waals surface area (Å²) >= 11 is 0. The molecule has 0 saturated carbocycles. The predicted molar refractivity (Wildman–Crippen MR) is 79.0 cm³/mol. The number of unbranched alkanes of at least 4 members (excludes halogenated alkanes) is 1. The summed E-state index contributed by atoms with van der Waals surface area (Å²) in [6.45, 7) is 9.63. The standard InChI is InChI=1S/C17H26O2/c1-6-7-10-19-17(4)11-13-8-9-14(12(2)3)16(18-5)15(13)17/h8-9,12H,6-7,10-11H2,1-5H3. The largest absolute Gasteiger partial charge is 0.496 e. The normalized spacial score (nSPS) is 21.2. The van der Waals surface area contributed by atoms with E-state index in [-0.39, 0.29) is 5.60 Å². The van der Waals surface area contributed by atoms with Crippen LogP contribution in [0, 0.1) is 0 Å². The molecular weight excluding hydrogens is 236 g/mol. The summed E-state index contributed by atoms with van der Waals surface area (Å²) in [5.41, 5.74) is 3.78. The molecule has 0 aromatic heterocycles. The van der Waals surface area contributed by atoms with Crippen LogP contribution in [0.5, 0.6) is 5.75 Å². The lowest BCUT2D eigenvalue weighted by Crippen LogP contribution is -2.39. The third-order valence-corrected chi connectivity index (χ3v) is 4.08. The van der Waals surface area contributed by atoms with Crippen LogP contribution in [0.15, 0.2) is 12.1 Å². The number of ether oxygens (including phenoxy) is 2. The van der Waals surface area contributed by atoms with Gasteiger partial charge in [-0.25, -0.2) is 0 Å².